The quantitative estimate of drug-likeness (QED) is 0.777. The van der Waals surface area contributed by atoms with E-state index in [1.165, 1.54) is 16.7 Å². The predicted molar refractivity (Wildman–Crippen MR) is 84.0 cm³/mol. The zero-order valence-corrected chi connectivity index (χ0v) is 13.0. The fourth-order valence-corrected chi connectivity index (χ4v) is 3.18. The van der Waals surface area contributed by atoms with Crippen molar-refractivity contribution in [1.82, 2.24) is 0 Å². The SMILES string of the molecule is COc1cccc(CC(Br)c2ccc3c(c2)CCO3)c1. The van der Waals surface area contributed by atoms with Gasteiger partial charge in [-0.3, -0.25) is 0 Å². The Morgan fingerprint density at radius 3 is 3.00 bits per heavy atom. The molecule has 1 atom stereocenters. The molecule has 0 aliphatic carbocycles. The van der Waals surface area contributed by atoms with Crippen LogP contribution in [0.4, 0.5) is 0 Å². The Morgan fingerprint density at radius 2 is 2.15 bits per heavy atom. The van der Waals surface area contributed by atoms with Crippen molar-refractivity contribution < 1.29 is 9.47 Å². The van der Waals surface area contributed by atoms with Crippen molar-refractivity contribution in [2.75, 3.05) is 13.7 Å². The molecule has 0 spiro atoms. The summed E-state index contributed by atoms with van der Waals surface area (Å²) in [7, 11) is 1.70. The van der Waals surface area contributed by atoms with Crippen LogP contribution in [0.5, 0.6) is 11.5 Å². The second-order valence-electron chi connectivity index (χ2n) is 4.99. The summed E-state index contributed by atoms with van der Waals surface area (Å²) in [4.78, 5) is 0.306. The van der Waals surface area contributed by atoms with Gasteiger partial charge in [-0.25, -0.2) is 0 Å². The van der Waals surface area contributed by atoms with Crippen molar-refractivity contribution in [2.45, 2.75) is 17.7 Å². The minimum atomic E-state index is 0.306. The molecule has 1 unspecified atom stereocenters. The molecule has 0 bridgehead atoms. The highest BCUT2D eigenvalue weighted by Crippen LogP contribution is 2.33. The number of benzene rings is 2. The van der Waals surface area contributed by atoms with E-state index in [1.807, 2.05) is 12.1 Å². The third-order valence-electron chi connectivity index (χ3n) is 3.62. The van der Waals surface area contributed by atoms with E-state index in [-0.39, 0.29) is 0 Å². The number of alkyl halides is 1. The van der Waals surface area contributed by atoms with Crippen LogP contribution >= 0.6 is 15.9 Å². The van der Waals surface area contributed by atoms with Crippen LogP contribution in [0.25, 0.3) is 0 Å². The van der Waals surface area contributed by atoms with Crippen molar-refractivity contribution >= 4 is 15.9 Å². The number of fused-ring (bicyclic) bond motifs is 1. The van der Waals surface area contributed by atoms with Gasteiger partial charge in [0.05, 0.1) is 13.7 Å². The van der Waals surface area contributed by atoms with Gasteiger partial charge in [-0.2, -0.15) is 0 Å². The molecule has 0 aromatic heterocycles. The maximum atomic E-state index is 5.55. The summed E-state index contributed by atoms with van der Waals surface area (Å²) in [5, 5.41) is 0. The van der Waals surface area contributed by atoms with Crippen LogP contribution < -0.4 is 9.47 Å². The molecule has 0 saturated carbocycles. The Balaban J connectivity index is 1.77. The van der Waals surface area contributed by atoms with Gasteiger partial charge in [0.25, 0.3) is 0 Å². The van der Waals surface area contributed by atoms with E-state index in [1.54, 1.807) is 7.11 Å². The van der Waals surface area contributed by atoms with Gasteiger partial charge >= 0.3 is 0 Å². The maximum absolute atomic E-state index is 5.55. The highest BCUT2D eigenvalue weighted by atomic mass is 79.9. The molecule has 0 amide bonds. The van der Waals surface area contributed by atoms with E-state index in [2.05, 4.69) is 46.3 Å². The second kappa shape index (κ2) is 5.88. The Kier molecular flexibility index (Phi) is 3.97. The molecule has 20 heavy (non-hydrogen) atoms. The standard InChI is InChI=1S/C17H17BrO2/c1-19-15-4-2-3-12(9-15)10-16(18)13-5-6-17-14(11-13)7-8-20-17/h2-6,9,11,16H,7-8,10H2,1H3. The van der Waals surface area contributed by atoms with E-state index in [0.717, 1.165) is 30.9 Å². The van der Waals surface area contributed by atoms with Gasteiger partial charge in [0.1, 0.15) is 11.5 Å². The fourth-order valence-electron chi connectivity index (χ4n) is 2.53. The number of methoxy groups -OCH3 is 1. The summed E-state index contributed by atoms with van der Waals surface area (Å²) in [6, 6.07) is 14.7. The molecule has 0 N–H and O–H groups in total. The van der Waals surface area contributed by atoms with Crippen LogP contribution in [0.2, 0.25) is 0 Å². The van der Waals surface area contributed by atoms with Crippen molar-refractivity contribution in [3.05, 3.63) is 59.2 Å². The molecule has 3 rings (SSSR count). The minimum Gasteiger partial charge on any atom is -0.497 e. The summed E-state index contributed by atoms with van der Waals surface area (Å²) < 4.78 is 10.8. The lowest BCUT2D eigenvalue weighted by atomic mass is 10.0. The van der Waals surface area contributed by atoms with Crippen LogP contribution in [0.1, 0.15) is 21.5 Å². The maximum Gasteiger partial charge on any atom is 0.122 e. The molecule has 2 aromatic carbocycles. The third-order valence-corrected chi connectivity index (χ3v) is 4.48. The van der Waals surface area contributed by atoms with Gasteiger partial charge < -0.3 is 9.47 Å². The number of hydrogen-bond donors (Lipinski definition) is 0. The van der Waals surface area contributed by atoms with Crippen LogP contribution in [0.3, 0.4) is 0 Å². The summed E-state index contributed by atoms with van der Waals surface area (Å²) >= 11 is 3.80. The monoisotopic (exact) mass is 332 g/mol. The molecular formula is C17H17BrO2. The van der Waals surface area contributed by atoms with Crippen molar-refractivity contribution in [3.8, 4) is 11.5 Å². The molecular weight excluding hydrogens is 316 g/mol. The molecule has 3 heteroatoms. The normalized spacial score (nSPS) is 14.5. The zero-order chi connectivity index (χ0) is 13.9. The van der Waals surface area contributed by atoms with E-state index in [9.17, 15) is 0 Å². The molecule has 1 heterocycles. The van der Waals surface area contributed by atoms with E-state index in [4.69, 9.17) is 9.47 Å². The molecule has 0 radical (unpaired) electrons. The fraction of sp³-hybridized carbons (Fsp3) is 0.294. The van der Waals surface area contributed by atoms with Gasteiger partial charge in [-0.05, 0) is 41.3 Å². The van der Waals surface area contributed by atoms with Crippen molar-refractivity contribution in [3.63, 3.8) is 0 Å². The lowest BCUT2D eigenvalue weighted by Gasteiger charge is -2.12. The van der Waals surface area contributed by atoms with E-state index in [0.29, 0.717) is 4.83 Å². The number of rotatable bonds is 4. The van der Waals surface area contributed by atoms with Crippen LogP contribution in [0, 0.1) is 0 Å². The lowest BCUT2D eigenvalue weighted by molar-refractivity contribution is 0.357. The Hall–Kier alpha value is -1.48. The van der Waals surface area contributed by atoms with Gasteiger partial charge in [0.2, 0.25) is 0 Å². The van der Waals surface area contributed by atoms with E-state index >= 15 is 0 Å². The average molecular weight is 333 g/mol. The average Bonchev–Trinajstić information content (AvgIpc) is 2.94. The minimum absolute atomic E-state index is 0.306. The molecule has 2 nitrogen and oxygen atoms in total. The van der Waals surface area contributed by atoms with Gasteiger partial charge in [-0.15, -0.1) is 0 Å². The Morgan fingerprint density at radius 1 is 1.25 bits per heavy atom. The topological polar surface area (TPSA) is 18.5 Å². The molecule has 2 aromatic rings. The molecule has 104 valence electrons. The summed E-state index contributed by atoms with van der Waals surface area (Å²) in [5.41, 5.74) is 3.89. The number of hydrogen-bond acceptors (Lipinski definition) is 2. The van der Waals surface area contributed by atoms with Crippen molar-refractivity contribution in [1.29, 1.82) is 0 Å². The largest absolute Gasteiger partial charge is 0.497 e. The molecule has 1 aliphatic heterocycles. The first-order chi connectivity index (χ1) is 9.76. The first kappa shape index (κ1) is 13.5. The lowest BCUT2D eigenvalue weighted by Crippen LogP contribution is -1.96. The van der Waals surface area contributed by atoms with Crippen LogP contribution in [0.15, 0.2) is 42.5 Å². The van der Waals surface area contributed by atoms with Gasteiger partial charge in [-0.1, -0.05) is 40.2 Å². The Bertz CT molecular complexity index is 610. The van der Waals surface area contributed by atoms with Gasteiger partial charge in [0.15, 0.2) is 0 Å². The van der Waals surface area contributed by atoms with Crippen LogP contribution in [-0.2, 0) is 12.8 Å². The first-order valence-corrected chi connectivity index (χ1v) is 7.70. The van der Waals surface area contributed by atoms with Crippen molar-refractivity contribution in [2.24, 2.45) is 0 Å². The molecule has 0 saturated heterocycles. The summed E-state index contributed by atoms with van der Waals surface area (Å²) in [6.07, 6.45) is 1.96. The molecule has 0 fully saturated rings. The highest BCUT2D eigenvalue weighted by molar-refractivity contribution is 9.09. The van der Waals surface area contributed by atoms with Gasteiger partial charge in [0, 0.05) is 11.2 Å². The molecule has 1 aliphatic rings. The third kappa shape index (κ3) is 2.83. The number of halogens is 1. The summed E-state index contributed by atoms with van der Waals surface area (Å²) in [6.45, 7) is 0.807. The first-order valence-electron chi connectivity index (χ1n) is 6.79. The number of ether oxygens (including phenoxy) is 2. The highest BCUT2D eigenvalue weighted by Gasteiger charge is 2.15. The Labute approximate surface area is 127 Å². The second-order valence-corrected chi connectivity index (χ2v) is 6.09. The summed E-state index contributed by atoms with van der Waals surface area (Å²) in [5.74, 6) is 1.94. The smallest absolute Gasteiger partial charge is 0.122 e. The van der Waals surface area contributed by atoms with E-state index < -0.39 is 0 Å². The van der Waals surface area contributed by atoms with Crippen LogP contribution in [-0.4, -0.2) is 13.7 Å². The zero-order valence-electron chi connectivity index (χ0n) is 11.4. The predicted octanol–water partition coefficient (Wildman–Crippen LogP) is 4.31.